The van der Waals surface area contributed by atoms with E-state index in [2.05, 4.69) is 13.8 Å². The fraction of sp³-hybridized carbons (Fsp3) is 0.385. The van der Waals surface area contributed by atoms with Crippen molar-refractivity contribution in [2.75, 3.05) is 18.5 Å². The van der Waals surface area contributed by atoms with Gasteiger partial charge in [-0.1, -0.05) is 26.0 Å². The molecule has 1 N–H and O–H groups in total. The van der Waals surface area contributed by atoms with Gasteiger partial charge in [-0.3, -0.25) is 5.41 Å². The Morgan fingerprint density at radius 1 is 1.35 bits per heavy atom. The van der Waals surface area contributed by atoms with Crippen molar-refractivity contribution in [3.8, 4) is 0 Å². The quantitative estimate of drug-likeness (QED) is 0.835. The average Bonchev–Trinajstić information content (AvgIpc) is 2.53. The minimum Gasteiger partial charge on any atom is -0.320 e. The van der Waals surface area contributed by atoms with E-state index in [1.807, 2.05) is 24.3 Å². The summed E-state index contributed by atoms with van der Waals surface area (Å²) in [6.45, 7) is 4.61. The molecule has 2 rings (SSSR count). The molecule has 1 fully saturated rings. The Balaban J connectivity index is 2.37. The van der Waals surface area contributed by atoms with E-state index in [0.29, 0.717) is 18.3 Å². The first-order valence-corrected chi connectivity index (χ1v) is 5.73. The first-order chi connectivity index (χ1) is 8.00. The van der Waals surface area contributed by atoms with E-state index in [0.717, 1.165) is 5.69 Å². The maximum absolute atomic E-state index is 11.9. The Hall–Kier alpha value is -1.84. The second kappa shape index (κ2) is 4.20. The molecule has 1 aliphatic heterocycles. The molecule has 0 bridgehead atoms. The number of urea groups is 1. The van der Waals surface area contributed by atoms with Gasteiger partial charge in [0.05, 0.1) is 12.2 Å². The van der Waals surface area contributed by atoms with Crippen LogP contribution >= 0.6 is 0 Å². The predicted molar refractivity (Wildman–Crippen MR) is 68.8 cm³/mol. The van der Waals surface area contributed by atoms with Gasteiger partial charge in [0.2, 0.25) is 0 Å². The fourth-order valence-corrected chi connectivity index (χ4v) is 1.94. The molecule has 0 aromatic heterocycles. The third-order valence-electron chi connectivity index (χ3n) is 2.97. The molecule has 0 aliphatic carbocycles. The van der Waals surface area contributed by atoms with E-state index < -0.39 is 0 Å². The molecule has 4 heteroatoms. The molecule has 0 unspecified atom stereocenters. The van der Waals surface area contributed by atoms with Crippen LogP contribution < -0.4 is 4.90 Å². The van der Waals surface area contributed by atoms with Crippen molar-refractivity contribution in [3.63, 3.8) is 0 Å². The van der Waals surface area contributed by atoms with Gasteiger partial charge in [0.15, 0.2) is 0 Å². The molecule has 0 radical (unpaired) electrons. The summed E-state index contributed by atoms with van der Waals surface area (Å²) in [5, 5.41) is 7.85. The number of hydrogen-bond acceptors (Lipinski definition) is 2. The molecule has 1 aliphatic rings. The lowest BCUT2D eigenvalue weighted by atomic mass is 10.0. The summed E-state index contributed by atoms with van der Waals surface area (Å²) in [6, 6.07) is 7.70. The summed E-state index contributed by atoms with van der Waals surface area (Å²) in [5.74, 6) is 0.748. The second-order valence-corrected chi connectivity index (χ2v) is 4.67. The minimum absolute atomic E-state index is 0.129. The number of likely N-dealkylation sites (N-methyl/N-ethyl adjacent to an activating group) is 1. The number of amides is 2. The molecular weight excluding hydrogens is 214 g/mol. The molecule has 1 aromatic rings. The van der Waals surface area contributed by atoms with Crippen molar-refractivity contribution in [1.82, 2.24) is 4.90 Å². The van der Waals surface area contributed by atoms with Gasteiger partial charge in [-0.25, -0.2) is 9.69 Å². The normalized spacial score (nSPS) is 16.2. The van der Waals surface area contributed by atoms with Gasteiger partial charge in [0, 0.05) is 7.05 Å². The van der Waals surface area contributed by atoms with Crippen molar-refractivity contribution in [2.24, 2.45) is 0 Å². The molecule has 1 heterocycles. The third kappa shape index (κ3) is 2.02. The van der Waals surface area contributed by atoms with Crippen LogP contribution in [0.2, 0.25) is 0 Å². The van der Waals surface area contributed by atoms with E-state index in [4.69, 9.17) is 5.41 Å². The number of rotatable bonds is 2. The van der Waals surface area contributed by atoms with E-state index in [9.17, 15) is 4.79 Å². The van der Waals surface area contributed by atoms with Crippen molar-refractivity contribution < 1.29 is 4.79 Å². The highest BCUT2D eigenvalue weighted by molar-refractivity contribution is 6.20. The molecule has 0 spiro atoms. The highest BCUT2D eigenvalue weighted by Gasteiger charge is 2.31. The molecule has 17 heavy (non-hydrogen) atoms. The summed E-state index contributed by atoms with van der Waals surface area (Å²) < 4.78 is 0. The summed E-state index contributed by atoms with van der Waals surface area (Å²) in [7, 11) is 1.71. The molecule has 0 atom stereocenters. The number of nitrogens with one attached hydrogen (secondary N) is 1. The SMILES string of the molecule is CC(C)c1cccc(N2C(=N)CN(C)C2=O)c1. The molecule has 1 aromatic carbocycles. The van der Waals surface area contributed by atoms with E-state index >= 15 is 0 Å². The van der Waals surface area contributed by atoms with Gasteiger partial charge in [0.25, 0.3) is 0 Å². The zero-order chi connectivity index (χ0) is 12.6. The van der Waals surface area contributed by atoms with E-state index in [1.54, 1.807) is 11.9 Å². The zero-order valence-corrected chi connectivity index (χ0v) is 10.4. The zero-order valence-electron chi connectivity index (χ0n) is 10.4. The number of carbonyl (C=O) groups excluding carboxylic acids is 1. The van der Waals surface area contributed by atoms with E-state index in [1.165, 1.54) is 10.5 Å². The smallest absolute Gasteiger partial charge is 0.320 e. The maximum atomic E-state index is 11.9. The third-order valence-corrected chi connectivity index (χ3v) is 2.97. The summed E-state index contributed by atoms with van der Waals surface area (Å²) in [4.78, 5) is 14.9. The summed E-state index contributed by atoms with van der Waals surface area (Å²) in [6.07, 6.45) is 0. The fourth-order valence-electron chi connectivity index (χ4n) is 1.94. The van der Waals surface area contributed by atoms with Crippen LogP contribution in [0.15, 0.2) is 24.3 Å². The topological polar surface area (TPSA) is 47.4 Å². The Bertz CT molecular complexity index is 467. The van der Waals surface area contributed by atoms with Gasteiger partial charge in [-0.2, -0.15) is 0 Å². The van der Waals surface area contributed by atoms with Gasteiger partial charge < -0.3 is 4.90 Å². The van der Waals surface area contributed by atoms with Crippen LogP contribution in [0.4, 0.5) is 10.5 Å². The second-order valence-electron chi connectivity index (χ2n) is 4.67. The lowest BCUT2D eigenvalue weighted by molar-refractivity contribution is 0.229. The maximum Gasteiger partial charge on any atom is 0.330 e. The Kier molecular flexibility index (Phi) is 2.88. The number of anilines is 1. The molecular formula is C13H17N3O. The Morgan fingerprint density at radius 3 is 2.59 bits per heavy atom. The standard InChI is InChI=1S/C13H17N3O/c1-9(2)10-5-4-6-11(7-10)16-12(14)8-15(3)13(16)17/h4-7,9,14H,8H2,1-3H3. The number of nitrogens with zero attached hydrogens (tertiary/aromatic N) is 2. The summed E-state index contributed by atoms with van der Waals surface area (Å²) >= 11 is 0. The minimum atomic E-state index is -0.129. The highest BCUT2D eigenvalue weighted by Crippen LogP contribution is 2.24. The molecule has 0 saturated carbocycles. The lowest BCUT2D eigenvalue weighted by Crippen LogP contribution is -2.31. The first kappa shape index (κ1) is 11.6. The van der Waals surface area contributed by atoms with Gasteiger partial charge in [0.1, 0.15) is 5.84 Å². The van der Waals surface area contributed by atoms with Crippen LogP contribution in [-0.2, 0) is 0 Å². The number of carbonyl (C=O) groups is 1. The lowest BCUT2D eigenvalue weighted by Gasteiger charge is -2.17. The van der Waals surface area contributed by atoms with Gasteiger partial charge in [-0.05, 0) is 23.6 Å². The Labute approximate surface area is 101 Å². The molecule has 1 saturated heterocycles. The Morgan fingerprint density at radius 2 is 2.06 bits per heavy atom. The predicted octanol–water partition coefficient (Wildman–Crippen LogP) is 2.66. The van der Waals surface area contributed by atoms with Crippen molar-refractivity contribution in [2.45, 2.75) is 19.8 Å². The number of benzene rings is 1. The number of amidine groups is 1. The molecule has 4 nitrogen and oxygen atoms in total. The number of hydrogen-bond donors (Lipinski definition) is 1. The molecule has 2 amide bonds. The first-order valence-electron chi connectivity index (χ1n) is 5.73. The monoisotopic (exact) mass is 231 g/mol. The van der Waals surface area contributed by atoms with Crippen LogP contribution in [0, 0.1) is 5.41 Å². The van der Waals surface area contributed by atoms with Crippen LogP contribution in [0.3, 0.4) is 0 Å². The van der Waals surface area contributed by atoms with Crippen LogP contribution in [-0.4, -0.2) is 30.4 Å². The van der Waals surface area contributed by atoms with Crippen molar-refractivity contribution in [3.05, 3.63) is 29.8 Å². The van der Waals surface area contributed by atoms with E-state index in [-0.39, 0.29) is 6.03 Å². The van der Waals surface area contributed by atoms with Crippen LogP contribution in [0.5, 0.6) is 0 Å². The average molecular weight is 231 g/mol. The van der Waals surface area contributed by atoms with Crippen molar-refractivity contribution in [1.29, 1.82) is 5.41 Å². The van der Waals surface area contributed by atoms with Gasteiger partial charge >= 0.3 is 6.03 Å². The van der Waals surface area contributed by atoms with Gasteiger partial charge in [-0.15, -0.1) is 0 Å². The largest absolute Gasteiger partial charge is 0.330 e. The van der Waals surface area contributed by atoms with Crippen LogP contribution in [0.1, 0.15) is 25.3 Å². The summed E-state index contributed by atoms with van der Waals surface area (Å²) in [5.41, 5.74) is 1.97. The molecule has 90 valence electrons. The van der Waals surface area contributed by atoms with Crippen molar-refractivity contribution >= 4 is 17.6 Å². The van der Waals surface area contributed by atoms with Crippen LogP contribution in [0.25, 0.3) is 0 Å². The highest BCUT2D eigenvalue weighted by atomic mass is 16.2.